The largest absolute Gasteiger partial charge is 0.384 e. The Morgan fingerprint density at radius 2 is 1.90 bits per heavy atom. The van der Waals surface area contributed by atoms with Crippen LogP contribution in [0.15, 0.2) is 48.5 Å². The summed E-state index contributed by atoms with van der Waals surface area (Å²) >= 11 is 0. The van der Waals surface area contributed by atoms with Crippen molar-refractivity contribution < 1.29 is 4.79 Å². The van der Waals surface area contributed by atoms with Crippen LogP contribution >= 0.6 is 0 Å². The molecule has 1 heterocycles. The highest BCUT2D eigenvalue weighted by Gasteiger charge is 2.25. The lowest BCUT2D eigenvalue weighted by molar-refractivity contribution is -0.118. The first kappa shape index (κ1) is 13.7. The highest BCUT2D eigenvalue weighted by molar-refractivity contribution is 5.94. The van der Waals surface area contributed by atoms with Crippen molar-refractivity contribution in [2.75, 3.05) is 23.8 Å². The summed E-state index contributed by atoms with van der Waals surface area (Å²) in [5, 5.41) is 3.37. The Morgan fingerprint density at radius 1 is 1.19 bits per heavy atom. The van der Waals surface area contributed by atoms with Crippen molar-refractivity contribution in [1.82, 2.24) is 0 Å². The number of hydrogen-bond donors (Lipinski definition) is 1. The molecule has 2 aromatic rings. The van der Waals surface area contributed by atoms with Gasteiger partial charge in [0.2, 0.25) is 5.91 Å². The van der Waals surface area contributed by atoms with E-state index in [2.05, 4.69) is 17.4 Å². The number of para-hydroxylation sites is 2. The maximum Gasteiger partial charge on any atom is 0.227 e. The third-order valence-electron chi connectivity index (χ3n) is 4.21. The number of rotatable bonds is 3. The van der Waals surface area contributed by atoms with Gasteiger partial charge in [0.05, 0.1) is 0 Å². The third-order valence-corrected chi connectivity index (χ3v) is 4.21. The summed E-state index contributed by atoms with van der Waals surface area (Å²) in [5.74, 6) is 0.424. The minimum Gasteiger partial charge on any atom is -0.384 e. The van der Waals surface area contributed by atoms with E-state index in [-0.39, 0.29) is 11.8 Å². The van der Waals surface area contributed by atoms with E-state index >= 15 is 0 Å². The summed E-state index contributed by atoms with van der Waals surface area (Å²) in [6.07, 6.45) is 0.537. The van der Waals surface area contributed by atoms with Crippen LogP contribution < -0.4 is 10.2 Å². The molecular weight excluding hydrogens is 260 g/mol. The molecule has 21 heavy (non-hydrogen) atoms. The second-order valence-electron chi connectivity index (χ2n) is 5.61. The number of carbonyl (C=O) groups is 1. The Labute approximate surface area is 125 Å². The minimum atomic E-state index is 0.160. The minimum absolute atomic E-state index is 0.160. The zero-order chi connectivity index (χ0) is 14.8. The molecule has 3 nitrogen and oxygen atoms in total. The van der Waals surface area contributed by atoms with Gasteiger partial charge >= 0.3 is 0 Å². The third kappa shape index (κ3) is 2.64. The van der Waals surface area contributed by atoms with Gasteiger partial charge in [0.15, 0.2) is 0 Å². The lowest BCUT2D eigenvalue weighted by Crippen LogP contribution is -2.28. The van der Waals surface area contributed by atoms with Crippen molar-refractivity contribution in [2.24, 2.45) is 0 Å². The highest BCUT2D eigenvalue weighted by atomic mass is 16.2. The number of nitrogens with zero attached hydrogens (tertiary/aromatic N) is 1. The maximum absolute atomic E-state index is 12.6. The SMILES string of the molecule is Cc1ccccc1N(C)C(=O)CC1CNc2ccccc21. The van der Waals surface area contributed by atoms with Crippen molar-refractivity contribution in [3.8, 4) is 0 Å². The van der Waals surface area contributed by atoms with E-state index in [4.69, 9.17) is 0 Å². The van der Waals surface area contributed by atoms with Crippen LogP contribution in [0, 0.1) is 6.92 Å². The molecule has 2 aromatic carbocycles. The zero-order valence-corrected chi connectivity index (χ0v) is 12.5. The van der Waals surface area contributed by atoms with Gasteiger partial charge in [-0.05, 0) is 30.2 Å². The molecule has 0 aliphatic carbocycles. The second kappa shape index (κ2) is 5.60. The number of benzene rings is 2. The number of anilines is 2. The van der Waals surface area contributed by atoms with Crippen molar-refractivity contribution >= 4 is 17.3 Å². The van der Waals surface area contributed by atoms with E-state index in [1.165, 1.54) is 5.56 Å². The van der Waals surface area contributed by atoms with Gasteiger partial charge in [-0.3, -0.25) is 4.79 Å². The van der Waals surface area contributed by atoms with Crippen LogP contribution in [0.2, 0.25) is 0 Å². The van der Waals surface area contributed by atoms with Crippen molar-refractivity contribution in [2.45, 2.75) is 19.3 Å². The molecule has 0 spiro atoms. The average Bonchev–Trinajstić information content (AvgIpc) is 2.90. The number of hydrogen-bond acceptors (Lipinski definition) is 2. The Bertz CT molecular complexity index is 666. The summed E-state index contributed by atoms with van der Waals surface area (Å²) in [6, 6.07) is 16.2. The molecule has 0 radical (unpaired) electrons. The smallest absolute Gasteiger partial charge is 0.227 e. The predicted molar refractivity (Wildman–Crippen MR) is 86.9 cm³/mol. The molecule has 1 amide bonds. The summed E-state index contributed by atoms with van der Waals surface area (Å²) in [5.41, 5.74) is 4.53. The molecule has 0 aromatic heterocycles. The molecular formula is C18H20N2O. The summed E-state index contributed by atoms with van der Waals surface area (Å²) < 4.78 is 0. The van der Waals surface area contributed by atoms with Crippen molar-refractivity contribution in [3.63, 3.8) is 0 Å². The Hall–Kier alpha value is -2.29. The van der Waals surface area contributed by atoms with Gasteiger partial charge in [-0.15, -0.1) is 0 Å². The first-order chi connectivity index (χ1) is 10.2. The van der Waals surface area contributed by atoms with E-state index in [0.717, 1.165) is 23.5 Å². The molecule has 0 fully saturated rings. The fraction of sp³-hybridized carbons (Fsp3) is 0.278. The van der Waals surface area contributed by atoms with Crippen LogP contribution in [0.4, 0.5) is 11.4 Å². The fourth-order valence-corrected chi connectivity index (χ4v) is 2.96. The topological polar surface area (TPSA) is 32.3 Å². The lowest BCUT2D eigenvalue weighted by Gasteiger charge is -2.21. The number of aryl methyl sites for hydroxylation is 1. The Kier molecular flexibility index (Phi) is 3.65. The fourth-order valence-electron chi connectivity index (χ4n) is 2.96. The lowest BCUT2D eigenvalue weighted by atomic mass is 9.97. The van der Waals surface area contributed by atoms with Gasteiger partial charge in [0.25, 0.3) is 0 Å². The second-order valence-corrected chi connectivity index (χ2v) is 5.61. The number of fused-ring (bicyclic) bond motifs is 1. The van der Waals surface area contributed by atoms with Gasteiger partial charge < -0.3 is 10.2 Å². The first-order valence-electron chi connectivity index (χ1n) is 7.32. The molecule has 3 rings (SSSR count). The van der Waals surface area contributed by atoms with Crippen molar-refractivity contribution in [1.29, 1.82) is 0 Å². The summed E-state index contributed by atoms with van der Waals surface area (Å²) in [6.45, 7) is 2.87. The van der Waals surface area contributed by atoms with E-state index < -0.39 is 0 Å². The predicted octanol–water partition coefficient (Wildman–Crippen LogP) is 3.56. The quantitative estimate of drug-likeness (QED) is 0.932. The molecule has 0 bridgehead atoms. The van der Waals surface area contributed by atoms with E-state index in [1.807, 2.05) is 50.4 Å². The van der Waals surface area contributed by atoms with E-state index in [0.29, 0.717) is 6.42 Å². The van der Waals surface area contributed by atoms with Gasteiger partial charge in [0.1, 0.15) is 0 Å². The van der Waals surface area contributed by atoms with Gasteiger partial charge in [-0.1, -0.05) is 36.4 Å². The normalized spacial score (nSPS) is 16.2. The molecule has 1 aliphatic heterocycles. The highest BCUT2D eigenvalue weighted by Crippen LogP contribution is 2.34. The maximum atomic E-state index is 12.6. The average molecular weight is 280 g/mol. The monoisotopic (exact) mass is 280 g/mol. The number of carbonyl (C=O) groups excluding carboxylic acids is 1. The van der Waals surface area contributed by atoms with Crippen LogP contribution in [0.5, 0.6) is 0 Å². The number of amides is 1. The van der Waals surface area contributed by atoms with E-state index in [1.54, 1.807) is 4.90 Å². The molecule has 1 unspecified atom stereocenters. The van der Waals surface area contributed by atoms with Crippen LogP contribution in [0.1, 0.15) is 23.5 Å². The van der Waals surface area contributed by atoms with Gasteiger partial charge in [-0.2, -0.15) is 0 Å². The molecule has 1 N–H and O–H groups in total. The Morgan fingerprint density at radius 3 is 2.71 bits per heavy atom. The summed E-state index contributed by atoms with van der Waals surface area (Å²) in [7, 11) is 1.86. The van der Waals surface area contributed by atoms with Crippen LogP contribution in [0.25, 0.3) is 0 Å². The van der Waals surface area contributed by atoms with E-state index in [9.17, 15) is 4.79 Å². The molecule has 108 valence electrons. The van der Waals surface area contributed by atoms with Crippen molar-refractivity contribution in [3.05, 3.63) is 59.7 Å². The van der Waals surface area contributed by atoms with Crippen LogP contribution in [-0.4, -0.2) is 19.5 Å². The Balaban J connectivity index is 1.74. The zero-order valence-electron chi connectivity index (χ0n) is 12.5. The molecule has 3 heteroatoms. The first-order valence-corrected chi connectivity index (χ1v) is 7.32. The van der Waals surface area contributed by atoms with Gasteiger partial charge in [-0.25, -0.2) is 0 Å². The standard InChI is InChI=1S/C18H20N2O/c1-13-7-3-6-10-17(13)20(2)18(21)11-14-12-19-16-9-5-4-8-15(14)16/h3-10,14,19H,11-12H2,1-2H3. The molecule has 0 saturated heterocycles. The molecule has 1 aliphatic rings. The van der Waals surface area contributed by atoms with Crippen LogP contribution in [-0.2, 0) is 4.79 Å². The van der Waals surface area contributed by atoms with Crippen LogP contribution in [0.3, 0.4) is 0 Å². The summed E-state index contributed by atoms with van der Waals surface area (Å²) in [4.78, 5) is 14.3. The molecule has 1 atom stereocenters. The van der Waals surface area contributed by atoms with Gasteiger partial charge in [0, 0.05) is 37.3 Å². The molecule has 0 saturated carbocycles. The number of nitrogens with one attached hydrogen (secondary N) is 1.